The van der Waals surface area contributed by atoms with Gasteiger partial charge in [0.15, 0.2) is 0 Å². The Hall–Kier alpha value is -0.480. The highest BCUT2D eigenvalue weighted by Crippen LogP contribution is 2.57. The molecule has 0 aliphatic heterocycles. The molecule has 1 N–H and O–H groups in total. The first-order chi connectivity index (χ1) is 6.86. The molecule has 3 rings (SSSR count). The molecule has 2 fully saturated rings. The Morgan fingerprint density at radius 1 is 1.29 bits per heavy atom. The molecule has 3 nitrogen and oxygen atoms in total. The number of fused-ring (bicyclic) bond motifs is 1. The van der Waals surface area contributed by atoms with Gasteiger partial charge in [-0.05, 0) is 38.1 Å². The highest BCUT2D eigenvalue weighted by molar-refractivity contribution is 7.11. The number of hydrogen-bond donors (Lipinski definition) is 1. The van der Waals surface area contributed by atoms with Crippen molar-refractivity contribution >= 4 is 11.3 Å². The minimum Gasteiger partial charge on any atom is -0.313 e. The monoisotopic (exact) mass is 209 g/mol. The van der Waals surface area contributed by atoms with E-state index in [9.17, 15) is 0 Å². The summed E-state index contributed by atoms with van der Waals surface area (Å²) >= 11 is 1.79. The summed E-state index contributed by atoms with van der Waals surface area (Å²) in [5.74, 6) is 2.81. The van der Waals surface area contributed by atoms with Gasteiger partial charge >= 0.3 is 0 Å². The third kappa shape index (κ3) is 1.46. The molecule has 2 unspecified atom stereocenters. The second kappa shape index (κ2) is 3.28. The van der Waals surface area contributed by atoms with Crippen molar-refractivity contribution in [3.8, 4) is 0 Å². The Morgan fingerprint density at radius 2 is 2.07 bits per heavy atom. The smallest absolute Gasteiger partial charge is 0.131 e. The van der Waals surface area contributed by atoms with Crippen molar-refractivity contribution < 1.29 is 0 Å². The first-order valence-corrected chi connectivity index (χ1v) is 6.15. The zero-order chi connectivity index (χ0) is 9.54. The van der Waals surface area contributed by atoms with E-state index in [0.717, 1.165) is 29.3 Å². The van der Waals surface area contributed by atoms with Gasteiger partial charge in [-0.25, -0.2) is 0 Å². The Morgan fingerprint density at radius 3 is 2.79 bits per heavy atom. The van der Waals surface area contributed by atoms with Crippen LogP contribution in [0, 0.1) is 11.8 Å². The fraction of sp³-hybridized carbons (Fsp3) is 0.800. The van der Waals surface area contributed by atoms with Gasteiger partial charge in [0.05, 0.1) is 0 Å². The van der Waals surface area contributed by atoms with Gasteiger partial charge in [0.25, 0.3) is 0 Å². The van der Waals surface area contributed by atoms with E-state index in [2.05, 4.69) is 15.5 Å². The predicted molar refractivity (Wildman–Crippen MR) is 56.2 cm³/mol. The molecule has 1 aromatic rings. The van der Waals surface area contributed by atoms with E-state index in [1.165, 1.54) is 24.3 Å². The summed E-state index contributed by atoms with van der Waals surface area (Å²) in [7, 11) is 1.95. The van der Waals surface area contributed by atoms with Gasteiger partial charge < -0.3 is 5.32 Å². The lowest BCUT2D eigenvalue weighted by Crippen LogP contribution is -2.04. The minimum atomic E-state index is 0.738. The molecule has 2 saturated carbocycles. The average Bonchev–Trinajstić information content (AvgIpc) is 2.68. The average molecular weight is 209 g/mol. The van der Waals surface area contributed by atoms with E-state index in [4.69, 9.17) is 0 Å². The Balaban J connectivity index is 1.70. The van der Waals surface area contributed by atoms with Crippen LogP contribution in [0.5, 0.6) is 0 Å². The van der Waals surface area contributed by atoms with Crippen molar-refractivity contribution in [3.05, 3.63) is 10.0 Å². The van der Waals surface area contributed by atoms with Gasteiger partial charge in [0, 0.05) is 12.5 Å². The van der Waals surface area contributed by atoms with Crippen molar-refractivity contribution in [1.82, 2.24) is 15.5 Å². The lowest BCUT2D eigenvalue weighted by molar-refractivity contribution is 0.614. The van der Waals surface area contributed by atoms with Crippen LogP contribution >= 0.6 is 11.3 Å². The molecule has 0 spiro atoms. The van der Waals surface area contributed by atoms with Crippen LogP contribution in [0.1, 0.15) is 35.2 Å². The number of hydrogen-bond acceptors (Lipinski definition) is 4. The Bertz CT molecular complexity index is 326. The van der Waals surface area contributed by atoms with E-state index < -0.39 is 0 Å². The van der Waals surface area contributed by atoms with Crippen LogP contribution in [0.3, 0.4) is 0 Å². The molecule has 14 heavy (non-hydrogen) atoms. The molecule has 0 saturated heterocycles. The fourth-order valence-corrected chi connectivity index (χ4v) is 3.55. The summed E-state index contributed by atoms with van der Waals surface area (Å²) in [5, 5.41) is 14.0. The molecule has 4 heteroatoms. The summed E-state index contributed by atoms with van der Waals surface area (Å²) in [6.45, 7) is 0.858. The second-order valence-electron chi connectivity index (χ2n) is 4.49. The van der Waals surface area contributed by atoms with E-state index in [-0.39, 0.29) is 0 Å². The number of rotatable bonds is 3. The molecule has 76 valence electrons. The largest absolute Gasteiger partial charge is 0.313 e. The van der Waals surface area contributed by atoms with Crippen LogP contribution < -0.4 is 5.32 Å². The van der Waals surface area contributed by atoms with Gasteiger partial charge in [-0.2, -0.15) is 0 Å². The Labute approximate surface area is 87.9 Å². The van der Waals surface area contributed by atoms with E-state index in [1.54, 1.807) is 11.3 Å². The van der Waals surface area contributed by atoms with Crippen LogP contribution in [0.4, 0.5) is 0 Å². The lowest BCUT2D eigenvalue weighted by Gasteiger charge is -2.05. The summed E-state index contributed by atoms with van der Waals surface area (Å²) < 4.78 is 0. The van der Waals surface area contributed by atoms with Crippen LogP contribution in [0.2, 0.25) is 0 Å². The fourth-order valence-electron chi connectivity index (χ4n) is 2.57. The van der Waals surface area contributed by atoms with Gasteiger partial charge in [-0.1, -0.05) is 11.3 Å². The predicted octanol–water partition coefficient (Wildman–Crippen LogP) is 1.77. The number of nitrogens with zero attached hydrogens (tertiary/aromatic N) is 2. The Kier molecular flexibility index (Phi) is 2.06. The quantitative estimate of drug-likeness (QED) is 0.824. The van der Waals surface area contributed by atoms with E-state index >= 15 is 0 Å². The molecule has 2 atom stereocenters. The normalized spacial score (nSPS) is 34.5. The van der Waals surface area contributed by atoms with Gasteiger partial charge in [0.1, 0.15) is 10.0 Å². The summed E-state index contributed by atoms with van der Waals surface area (Å²) in [6.07, 6.45) is 4.23. The molecule has 0 radical (unpaired) electrons. The van der Waals surface area contributed by atoms with Crippen LogP contribution in [0.25, 0.3) is 0 Å². The van der Waals surface area contributed by atoms with Crippen molar-refractivity contribution in [2.24, 2.45) is 11.8 Å². The molecule has 0 bridgehead atoms. The second-order valence-corrected chi connectivity index (χ2v) is 5.58. The van der Waals surface area contributed by atoms with Crippen molar-refractivity contribution in [2.75, 3.05) is 7.05 Å². The molecular formula is C10H15N3S. The molecular weight excluding hydrogens is 194 g/mol. The van der Waals surface area contributed by atoms with E-state index in [1.807, 2.05) is 7.05 Å². The van der Waals surface area contributed by atoms with Gasteiger partial charge in [0.2, 0.25) is 0 Å². The van der Waals surface area contributed by atoms with Crippen molar-refractivity contribution in [2.45, 2.75) is 31.7 Å². The third-order valence-corrected chi connectivity index (χ3v) is 4.49. The van der Waals surface area contributed by atoms with Gasteiger partial charge in [-0.15, -0.1) is 10.2 Å². The SMILES string of the molecule is CNCc1nnc(C2CC3CC3C2)s1. The van der Waals surface area contributed by atoms with E-state index in [0.29, 0.717) is 0 Å². The van der Waals surface area contributed by atoms with Gasteiger partial charge in [-0.3, -0.25) is 0 Å². The maximum atomic E-state index is 4.30. The molecule has 2 aliphatic rings. The molecule has 1 aromatic heterocycles. The zero-order valence-corrected chi connectivity index (χ0v) is 9.18. The first kappa shape index (κ1) is 8.80. The highest BCUT2D eigenvalue weighted by atomic mass is 32.1. The zero-order valence-electron chi connectivity index (χ0n) is 8.36. The summed E-state index contributed by atoms with van der Waals surface area (Å²) in [6, 6.07) is 0. The van der Waals surface area contributed by atoms with Crippen LogP contribution in [-0.2, 0) is 6.54 Å². The maximum Gasteiger partial charge on any atom is 0.131 e. The van der Waals surface area contributed by atoms with Crippen LogP contribution in [-0.4, -0.2) is 17.2 Å². The molecule has 2 aliphatic carbocycles. The maximum absolute atomic E-state index is 4.30. The lowest BCUT2D eigenvalue weighted by atomic mass is 10.1. The van der Waals surface area contributed by atoms with Crippen LogP contribution in [0.15, 0.2) is 0 Å². The minimum absolute atomic E-state index is 0.738. The van der Waals surface area contributed by atoms with Crippen molar-refractivity contribution in [1.29, 1.82) is 0 Å². The van der Waals surface area contributed by atoms with Crippen molar-refractivity contribution in [3.63, 3.8) is 0 Å². The summed E-state index contributed by atoms with van der Waals surface area (Å²) in [4.78, 5) is 0. The molecule has 0 aromatic carbocycles. The number of nitrogens with one attached hydrogen (secondary N) is 1. The highest BCUT2D eigenvalue weighted by Gasteiger charge is 2.47. The standard InChI is InChI=1S/C10H15N3S/c1-11-5-9-12-13-10(14-9)8-3-6-2-7(6)4-8/h6-8,11H,2-5H2,1H3. The first-order valence-electron chi connectivity index (χ1n) is 5.33. The number of aromatic nitrogens is 2. The molecule has 0 amide bonds. The topological polar surface area (TPSA) is 37.8 Å². The third-order valence-electron chi connectivity index (χ3n) is 3.40. The molecule has 1 heterocycles. The summed E-state index contributed by atoms with van der Waals surface area (Å²) in [5.41, 5.74) is 0.